The monoisotopic (exact) mass is 257 g/mol. The van der Waals surface area contributed by atoms with Crippen molar-refractivity contribution >= 4 is 16.9 Å². The maximum absolute atomic E-state index is 4.26. The van der Waals surface area contributed by atoms with E-state index < -0.39 is 0 Å². The molecule has 0 aliphatic carbocycles. The summed E-state index contributed by atoms with van der Waals surface area (Å²) in [4.78, 5) is 8.47. The van der Waals surface area contributed by atoms with Crippen LogP contribution in [0.25, 0.3) is 11.0 Å². The lowest BCUT2D eigenvalue weighted by Gasteiger charge is -2.05. The standard InChI is InChI=1S/C12H15N7/c1-18-7-9(5-16-18)3-4-13-11-10-6-17-19(2)12(10)15-8-14-11/h5-8H,3-4H2,1-2H3,(H,13,14,15). The Labute approximate surface area is 110 Å². The van der Waals surface area contributed by atoms with Crippen LogP contribution in [-0.4, -0.2) is 36.1 Å². The Morgan fingerprint density at radius 3 is 2.84 bits per heavy atom. The molecule has 7 nitrogen and oxygen atoms in total. The number of hydrogen-bond donors (Lipinski definition) is 1. The molecule has 0 spiro atoms. The van der Waals surface area contributed by atoms with Crippen molar-refractivity contribution < 1.29 is 0 Å². The van der Waals surface area contributed by atoms with Crippen LogP contribution in [0.5, 0.6) is 0 Å². The number of aromatic nitrogens is 6. The van der Waals surface area contributed by atoms with Crippen LogP contribution in [0, 0.1) is 0 Å². The average Bonchev–Trinajstić information content (AvgIpc) is 2.98. The molecule has 3 heterocycles. The number of nitrogens with one attached hydrogen (secondary N) is 1. The Hall–Kier alpha value is -2.44. The lowest BCUT2D eigenvalue weighted by atomic mass is 10.2. The zero-order chi connectivity index (χ0) is 13.2. The number of rotatable bonds is 4. The number of hydrogen-bond acceptors (Lipinski definition) is 5. The largest absolute Gasteiger partial charge is 0.369 e. The molecule has 0 saturated carbocycles. The van der Waals surface area contributed by atoms with Gasteiger partial charge in [-0.2, -0.15) is 10.2 Å². The van der Waals surface area contributed by atoms with Crippen LogP contribution < -0.4 is 5.32 Å². The van der Waals surface area contributed by atoms with Gasteiger partial charge in [-0.15, -0.1) is 0 Å². The summed E-state index contributed by atoms with van der Waals surface area (Å²) in [6.07, 6.45) is 8.13. The van der Waals surface area contributed by atoms with E-state index in [-0.39, 0.29) is 0 Å². The van der Waals surface area contributed by atoms with Gasteiger partial charge in [-0.25, -0.2) is 9.97 Å². The fourth-order valence-electron chi connectivity index (χ4n) is 2.03. The highest BCUT2D eigenvalue weighted by atomic mass is 15.3. The van der Waals surface area contributed by atoms with Crippen molar-refractivity contribution in [3.63, 3.8) is 0 Å². The summed E-state index contributed by atoms with van der Waals surface area (Å²) in [7, 11) is 3.79. The molecule has 1 N–H and O–H groups in total. The molecule has 3 rings (SSSR count). The first-order chi connectivity index (χ1) is 9.24. The van der Waals surface area contributed by atoms with Crippen LogP contribution in [0.4, 0.5) is 5.82 Å². The van der Waals surface area contributed by atoms with E-state index in [1.807, 2.05) is 26.5 Å². The van der Waals surface area contributed by atoms with Crippen molar-refractivity contribution in [2.45, 2.75) is 6.42 Å². The summed E-state index contributed by atoms with van der Waals surface area (Å²) in [5.41, 5.74) is 2.03. The van der Waals surface area contributed by atoms with E-state index in [1.54, 1.807) is 21.9 Å². The van der Waals surface area contributed by atoms with Crippen LogP contribution >= 0.6 is 0 Å². The quantitative estimate of drug-likeness (QED) is 0.746. The van der Waals surface area contributed by atoms with Crippen molar-refractivity contribution in [1.82, 2.24) is 29.5 Å². The first-order valence-electron chi connectivity index (χ1n) is 6.08. The third-order valence-electron chi connectivity index (χ3n) is 2.99. The van der Waals surface area contributed by atoms with Crippen LogP contribution in [0.15, 0.2) is 24.9 Å². The lowest BCUT2D eigenvalue weighted by Crippen LogP contribution is -2.06. The topological polar surface area (TPSA) is 73.5 Å². The van der Waals surface area contributed by atoms with Crippen molar-refractivity contribution in [3.8, 4) is 0 Å². The molecule has 0 aliphatic rings. The Kier molecular flexibility index (Phi) is 2.86. The predicted molar refractivity (Wildman–Crippen MR) is 71.7 cm³/mol. The maximum Gasteiger partial charge on any atom is 0.163 e. The van der Waals surface area contributed by atoms with Gasteiger partial charge in [0.15, 0.2) is 5.65 Å². The van der Waals surface area contributed by atoms with E-state index in [0.717, 1.165) is 29.8 Å². The minimum Gasteiger partial charge on any atom is -0.369 e. The molecule has 0 amide bonds. The molecule has 0 aromatic carbocycles. The van der Waals surface area contributed by atoms with E-state index in [9.17, 15) is 0 Å². The Morgan fingerprint density at radius 1 is 1.16 bits per heavy atom. The first kappa shape index (κ1) is 11.6. The lowest BCUT2D eigenvalue weighted by molar-refractivity contribution is 0.767. The summed E-state index contributed by atoms with van der Waals surface area (Å²) >= 11 is 0. The summed E-state index contributed by atoms with van der Waals surface area (Å²) < 4.78 is 3.54. The first-order valence-corrected chi connectivity index (χ1v) is 6.08. The molecule has 0 unspecified atom stereocenters. The summed E-state index contributed by atoms with van der Waals surface area (Å²) in [5.74, 6) is 0.821. The van der Waals surface area contributed by atoms with Crippen LogP contribution in [0.3, 0.4) is 0 Å². The summed E-state index contributed by atoms with van der Waals surface area (Å²) in [5, 5.41) is 12.6. The van der Waals surface area contributed by atoms with Crippen molar-refractivity contribution in [1.29, 1.82) is 0 Å². The minimum atomic E-state index is 0.798. The molecule has 0 aliphatic heterocycles. The molecule has 0 atom stereocenters. The molecule has 0 fully saturated rings. The van der Waals surface area contributed by atoms with Gasteiger partial charge in [0.05, 0.1) is 17.8 Å². The Morgan fingerprint density at radius 2 is 2.05 bits per heavy atom. The predicted octanol–water partition coefficient (Wildman–Crippen LogP) is 0.751. The number of fused-ring (bicyclic) bond motifs is 1. The van der Waals surface area contributed by atoms with Gasteiger partial charge >= 0.3 is 0 Å². The van der Waals surface area contributed by atoms with Gasteiger partial charge in [0, 0.05) is 26.8 Å². The van der Waals surface area contributed by atoms with Gasteiger partial charge in [-0.05, 0) is 12.0 Å². The van der Waals surface area contributed by atoms with Gasteiger partial charge in [-0.1, -0.05) is 0 Å². The van der Waals surface area contributed by atoms with Crippen molar-refractivity contribution in [2.75, 3.05) is 11.9 Å². The Balaban J connectivity index is 1.71. The number of nitrogens with zero attached hydrogens (tertiary/aromatic N) is 6. The summed E-state index contributed by atoms with van der Waals surface area (Å²) in [6.45, 7) is 0.798. The van der Waals surface area contributed by atoms with Gasteiger partial charge < -0.3 is 5.32 Å². The maximum atomic E-state index is 4.26. The van der Waals surface area contributed by atoms with E-state index >= 15 is 0 Å². The highest BCUT2D eigenvalue weighted by molar-refractivity contribution is 5.85. The third-order valence-corrected chi connectivity index (χ3v) is 2.99. The molecule has 0 radical (unpaired) electrons. The summed E-state index contributed by atoms with van der Waals surface area (Å²) in [6, 6.07) is 0. The normalized spacial score (nSPS) is 11.1. The van der Waals surface area contributed by atoms with Crippen LogP contribution in [0.2, 0.25) is 0 Å². The van der Waals surface area contributed by atoms with E-state index in [2.05, 4.69) is 25.5 Å². The molecule has 3 aromatic rings. The molecule has 0 bridgehead atoms. The number of aryl methyl sites for hydroxylation is 2. The second kappa shape index (κ2) is 4.68. The molecule has 7 heteroatoms. The van der Waals surface area contributed by atoms with Gasteiger partial charge in [0.2, 0.25) is 0 Å². The highest BCUT2D eigenvalue weighted by Gasteiger charge is 2.07. The van der Waals surface area contributed by atoms with E-state index in [0.29, 0.717) is 0 Å². The second-order valence-electron chi connectivity index (χ2n) is 4.43. The van der Waals surface area contributed by atoms with Gasteiger partial charge in [0.25, 0.3) is 0 Å². The molecule has 0 saturated heterocycles. The molecule has 98 valence electrons. The third kappa shape index (κ3) is 2.26. The van der Waals surface area contributed by atoms with E-state index in [4.69, 9.17) is 0 Å². The smallest absolute Gasteiger partial charge is 0.163 e. The van der Waals surface area contributed by atoms with Crippen molar-refractivity contribution in [2.24, 2.45) is 14.1 Å². The van der Waals surface area contributed by atoms with Gasteiger partial charge in [0.1, 0.15) is 12.1 Å². The Bertz CT molecular complexity index is 697. The van der Waals surface area contributed by atoms with E-state index in [1.165, 1.54) is 5.56 Å². The van der Waals surface area contributed by atoms with Crippen LogP contribution in [0.1, 0.15) is 5.56 Å². The fraction of sp³-hybridized carbons (Fsp3) is 0.333. The van der Waals surface area contributed by atoms with Gasteiger partial charge in [-0.3, -0.25) is 9.36 Å². The van der Waals surface area contributed by atoms with Crippen LogP contribution in [-0.2, 0) is 20.5 Å². The zero-order valence-corrected chi connectivity index (χ0v) is 10.9. The SMILES string of the molecule is Cn1cc(CCNc2ncnc3c2cnn3C)cn1. The second-order valence-corrected chi connectivity index (χ2v) is 4.43. The highest BCUT2D eigenvalue weighted by Crippen LogP contribution is 2.17. The molecule has 19 heavy (non-hydrogen) atoms. The molecule has 3 aromatic heterocycles. The fourth-order valence-corrected chi connectivity index (χ4v) is 2.03. The zero-order valence-electron chi connectivity index (χ0n) is 10.9. The van der Waals surface area contributed by atoms with Crippen molar-refractivity contribution in [3.05, 3.63) is 30.5 Å². The average molecular weight is 257 g/mol. The molecular weight excluding hydrogens is 242 g/mol. The number of anilines is 1. The minimum absolute atomic E-state index is 0.798. The molecular formula is C12H15N7.